The Kier molecular flexibility index (Phi) is 45.9. The Morgan fingerprint density at radius 2 is 0.781 bits per heavy atom. The molecule has 0 radical (unpaired) electrons. The molecule has 24 heteroatoms. The zero-order valence-electron chi connectivity index (χ0n) is 69.7. The number of esters is 2. The Morgan fingerprint density at radius 1 is 0.439 bits per heavy atom. The first-order valence-electron chi connectivity index (χ1n) is 40.7. The summed E-state index contributed by atoms with van der Waals surface area (Å²) in [6, 6.07) is 16.6. The van der Waals surface area contributed by atoms with Crippen LogP contribution in [0.5, 0.6) is 23.0 Å². The van der Waals surface area contributed by atoms with E-state index in [0.717, 1.165) is 88.2 Å². The molecule has 0 aromatic heterocycles. The monoisotopic (exact) mass is 1590 g/mol. The van der Waals surface area contributed by atoms with Crippen LogP contribution in [0.15, 0.2) is 72.8 Å². The van der Waals surface area contributed by atoms with Crippen molar-refractivity contribution in [3.63, 3.8) is 0 Å². The number of benzene rings is 4. The van der Waals surface area contributed by atoms with Gasteiger partial charge in [-0.15, -0.1) is 0 Å². The first-order valence-corrected chi connectivity index (χ1v) is 40.7. The number of nitrogens with zero attached hydrogens (tertiary/aromatic N) is 2. The number of ether oxygens (including phenoxy) is 6. The lowest BCUT2D eigenvalue weighted by Crippen LogP contribution is -2.47. The highest BCUT2D eigenvalue weighted by Crippen LogP contribution is 2.43. The Labute approximate surface area is 677 Å². The maximum absolute atomic E-state index is 14.5. The van der Waals surface area contributed by atoms with Gasteiger partial charge in [-0.05, 0) is 109 Å². The molecule has 24 nitrogen and oxygen atoms in total. The van der Waals surface area contributed by atoms with Crippen LogP contribution in [0.1, 0.15) is 270 Å². The number of ketones is 5. The van der Waals surface area contributed by atoms with E-state index in [1.165, 1.54) is 56.8 Å². The lowest BCUT2D eigenvalue weighted by Gasteiger charge is -2.32. The Balaban J connectivity index is 0.000000508. The number of likely N-dealkylation sites (N-methyl/N-ethyl adjacent to an activating group) is 2. The predicted octanol–water partition coefficient (Wildman–Crippen LogP) is 15.3. The van der Waals surface area contributed by atoms with Gasteiger partial charge in [-0.1, -0.05) is 163 Å². The molecule has 2 aliphatic heterocycles. The average Bonchev–Trinajstić information content (AvgIpc) is 0.784. The standard InChI is InChI=1S/C45H64N2O9.C32H43N3O7.C12H22O3.CH4/c1-8-10-12-13-15-18-34(48)19-16-20-35(49)28-33(17-14-11-9-2)44(52)47(4)42-32-22-24-41(55-6)37(29-32)36-26-31(21-23-40(36)54-5)27-38(45(53)56-7)46-43(51)30(3)25-39(42)50;1-7-8-9-10-24(33)31(38)35(3)29-21-12-14-28(41-5)23(18-21)22-16-20(11-13-27(22)40-4)17-25(32(39)42-6)34-30(37)19(2)15-26(29)36;1-2-3-4-5-6-8-11(13)9-7-10-12(14)15;/h21-24,26,29-30,33,38,42H,8-20,25,27-28H2,1-7H3,(H,46,51);11-14,16,18-19,24-25,29H,7-10,15,17,33H2,1-6H3,(H,34,37);2-10H2,1H3,(H,14,15);1H4/t30-,33-,38+,42+;19-,24+,25+,29+;;/m11../s1. The fourth-order valence-corrected chi connectivity index (χ4v) is 14.3. The van der Waals surface area contributed by atoms with E-state index in [1.54, 1.807) is 91.7 Å². The van der Waals surface area contributed by atoms with E-state index in [1.807, 2.05) is 30.3 Å². The predicted molar refractivity (Wildman–Crippen MR) is 442 cm³/mol. The van der Waals surface area contributed by atoms with Gasteiger partial charge in [0.25, 0.3) is 0 Å². The number of carbonyl (C=O) groups excluding carboxylic acids is 11. The molecule has 2 heterocycles. The minimum absolute atomic E-state index is 0. The maximum atomic E-state index is 14.5. The second-order valence-corrected chi connectivity index (χ2v) is 30.0. The molecule has 4 aromatic rings. The molecule has 4 aromatic carbocycles. The van der Waals surface area contributed by atoms with Crippen molar-refractivity contribution in [2.24, 2.45) is 23.5 Å². The molecule has 8 atom stereocenters. The quantitative estimate of drug-likeness (QED) is 0.0237. The lowest BCUT2D eigenvalue weighted by atomic mass is 9.88. The number of amides is 4. The van der Waals surface area contributed by atoms with Crippen molar-refractivity contribution in [3.05, 3.63) is 95.1 Å². The molecule has 0 spiro atoms. The van der Waals surface area contributed by atoms with E-state index in [-0.39, 0.29) is 93.1 Å². The fourth-order valence-electron chi connectivity index (χ4n) is 14.3. The van der Waals surface area contributed by atoms with Gasteiger partial charge in [-0.2, -0.15) is 0 Å². The van der Waals surface area contributed by atoms with Crippen molar-refractivity contribution in [1.29, 1.82) is 0 Å². The molecule has 2 aliphatic rings. The summed E-state index contributed by atoms with van der Waals surface area (Å²) >= 11 is 0. The van der Waals surface area contributed by atoms with Crippen LogP contribution < -0.4 is 35.3 Å². The van der Waals surface area contributed by atoms with E-state index in [0.29, 0.717) is 108 Å². The number of methoxy groups -OCH3 is 6. The molecule has 632 valence electrons. The second-order valence-electron chi connectivity index (χ2n) is 30.0. The average molecular weight is 1590 g/mol. The maximum Gasteiger partial charge on any atom is 0.328 e. The summed E-state index contributed by atoms with van der Waals surface area (Å²) in [5, 5.41) is 13.9. The van der Waals surface area contributed by atoms with Crippen LogP contribution in [0, 0.1) is 17.8 Å². The highest BCUT2D eigenvalue weighted by atomic mass is 16.5. The number of fused-ring (bicyclic) bond motifs is 10. The highest BCUT2D eigenvalue weighted by Gasteiger charge is 2.38. The molecule has 0 saturated carbocycles. The van der Waals surface area contributed by atoms with Gasteiger partial charge in [-0.3, -0.25) is 47.9 Å². The van der Waals surface area contributed by atoms with E-state index in [2.05, 4.69) is 38.3 Å². The topological polar surface area (TPSA) is 337 Å². The zero-order chi connectivity index (χ0) is 83.7. The van der Waals surface area contributed by atoms with Crippen molar-refractivity contribution < 1.29 is 91.1 Å². The van der Waals surface area contributed by atoms with Gasteiger partial charge < -0.3 is 59.7 Å². The number of carboxylic acids is 1. The Hall–Kier alpha value is -9.32. The minimum Gasteiger partial charge on any atom is -0.496 e. The lowest BCUT2D eigenvalue weighted by molar-refractivity contribution is -0.146. The van der Waals surface area contributed by atoms with Crippen LogP contribution in [0.3, 0.4) is 0 Å². The van der Waals surface area contributed by atoms with Gasteiger partial charge >= 0.3 is 17.9 Å². The van der Waals surface area contributed by atoms with Crippen molar-refractivity contribution in [2.75, 3.05) is 56.8 Å². The van der Waals surface area contributed by atoms with Crippen molar-refractivity contribution in [2.45, 2.75) is 278 Å². The van der Waals surface area contributed by atoms with E-state index in [4.69, 9.17) is 39.3 Å². The number of hydrogen-bond acceptors (Lipinski definition) is 19. The first kappa shape index (κ1) is 98.9. The summed E-state index contributed by atoms with van der Waals surface area (Å²) in [5.41, 5.74) is 11.4. The van der Waals surface area contributed by atoms with Crippen LogP contribution >= 0.6 is 0 Å². The first-order chi connectivity index (χ1) is 54.1. The van der Waals surface area contributed by atoms with Crippen LogP contribution in [0.25, 0.3) is 22.3 Å². The third-order valence-electron chi connectivity index (χ3n) is 21.0. The number of nitrogens with one attached hydrogen (secondary N) is 2. The molecule has 0 aliphatic carbocycles. The molecule has 114 heavy (non-hydrogen) atoms. The molecular formula is C90H133N5O19. The van der Waals surface area contributed by atoms with Crippen LogP contribution in [0.4, 0.5) is 0 Å². The zero-order valence-corrected chi connectivity index (χ0v) is 69.7. The number of Topliss-reactive ketones (excluding diaryl/α,β-unsaturated/α-hetero) is 5. The summed E-state index contributed by atoms with van der Waals surface area (Å²) in [6.07, 6.45) is 20.6. The number of carboxylic acid groups (broad SMARTS) is 1. The van der Waals surface area contributed by atoms with E-state index >= 15 is 0 Å². The minimum atomic E-state index is -1.10. The van der Waals surface area contributed by atoms with Crippen molar-refractivity contribution >= 4 is 70.5 Å². The number of nitrogens with two attached hydrogens (primary N) is 1. The summed E-state index contributed by atoms with van der Waals surface area (Å²) < 4.78 is 32.9. The SMILES string of the molecule is C.CCCCCCCC(=O)CCCC(=O)C[C@@H](CCCCC)C(=O)N(C)[C@@H]1C(=O)C[C@@H](C)C(=O)N[C@H](C(=O)OC)Cc2ccc(OC)c(c2)-c2cc1ccc2OC.CCCCCCCC(=O)CCCC(=O)O.CCCCC[C@H](N)C(=O)N(C)[C@@H]1C(=O)C[C@@H](C)C(=O)N[C@H](C(=O)OC)Cc2ccc(OC)c(c2)-c2cc1ccc2OC. The van der Waals surface area contributed by atoms with Gasteiger partial charge in [-0.25, -0.2) is 9.59 Å². The third-order valence-corrected chi connectivity index (χ3v) is 21.0. The van der Waals surface area contributed by atoms with Gasteiger partial charge in [0.05, 0.1) is 48.7 Å². The third kappa shape index (κ3) is 31.8. The number of unbranched alkanes of at least 4 members (excludes halogenated alkanes) is 12. The van der Waals surface area contributed by atoms with Crippen LogP contribution in [0.2, 0.25) is 0 Å². The highest BCUT2D eigenvalue weighted by molar-refractivity contribution is 5.98. The van der Waals surface area contributed by atoms with Gasteiger partial charge in [0.2, 0.25) is 23.6 Å². The van der Waals surface area contributed by atoms with Crippen molar-refractivity contribution in [3.8, 4) is 45.3 Å². The van der Waals surface area contributed by atoms with E-state index in [9.17, 15) is 57.5 Å². The fraction of sp³-hybridized carbons (Fsp3) is 0.600. The molecular weight excluding hydrogens is 1460 g/mol. The second kappa shape index (κ2) is 53.0. The summed E-state index contributed by atoms with van der Waals surface area (Å²) in [4.78, 5) is 159. The molecule has 0 fully saturated rings. The molecule has 4 amide bonds. The molecule has 6 rings (SSSR count). The van der Waals surface area contributed by atoms with Gasteiger partial charge in [0, 0.05) is 125 Å². The molecule has 0 saturated heterocycles. The summed E-state index contributed by atoms with van der Waals surface area (Å²) in [6.45, 7) is 11.7. The number of hydrogen-bond donors (Lipinski definition) is 4. The summed E-state index contributed by atoms with van der Waals surface area (Å²) in [5.74, 6) is -4.30. The van der Waals surface area contributed by atoms with Crippen molar-refractivity contribution in [1.82, 2.24) is 20.4 Å². The number of rotatable bonds is 40. The molecule has 8 bridgehead atoms. The largest absolute Gasteiger partial charge is 0.496 e. The Bertz CT molecular complexity index is 3780. The number of carbonyl (C=O) groups is 12. The Morgan fingerprint density at radius 3 is 1.17 bits per heavy atom. The summed E-state index contributed by atoms with van der Waals surface area (Å²) in [7, 11) is 11.8. The number of aliphatic carboxylic acids is 1. The van der Waals surface area contributed by atoms with Gasteiger partial charge in [0.1, 0.15) is 64.5 Å². The van der Waals surface area contributed by atoms with Crippen LogP contribution in [-0.2, 0) is 79.8 Å². The van der Waals surface area contributed by atoms with Crippen LogP contribution in [-0.4, -0.2) is 160 Å². The smallest absolute Gasteiger partial charge is 0.328 e. The molecule has 5 N–H and O–H groups in total. The molecule has 0 unspecified atom stereocenters. The van der Waals surface area contributed by atoms with E-state index < -0.39 is 77.7 Å². The van der Waals surface area contributed by atoms with Gasteiger partial charge in [0.15, 0.2) is 11.6 Å². The normalized spacial score (nSPS) is 17.2.